The minimum atomic E-state index is 0.748. The van der Waals surface area contributed by atoms with Gasteiger partial charge in [-0.05, 0) is 25.5 Å². The first-order valence-electron chi connectivity index (χ1n) is 3.23. The third-order valence-corrected chi connectivity index (χ3v) is 2.36. The van der Waals surface area contributed by atoms with Crippen LogP contribution in [0.3, 0.4) is 0 Å². The van der Waals surface area contributed by atoms with Crippen LogP contribution < -0.4 is 0 Å². The van der Waals surface area contributed by atoms with Gasteiger partial charge in [-0.1, -0.05) is 12.8 Å². The Morgan fingerprint density at radius 3 is 2.78 bits per heavy atom. The summed E-state index contributed by atoms with van der Waals surface area (Å²) in [5.74, 6) is 2.39. The lowest BCUT2D eigenvalue weighted by Crippen LogP contribution is -1.93. The van der Waals surface area contributed by atoms with Gasteiger partial charge in [0, 0.05) is 11.7 Å². The highest BCUT2D eigenvalue weighted by atomic mass is 32.2. The average Bonchev–Trinajstić information content (AvgIpc) is 1.89. The molecule has 1 atom stereocenters. The van der Waals surface area contributed by atoms with Crippen LogP contribution in [0.1, 0.15) is 26.2 Å². The van der Waals surface area contributed by atoms with E-state index in [1.54, 1.807) is 0 Å². The molecule has 0 N–H and O–H groups in total. The number of thioether (sulfide) groups is 1. The van der Waals surface area contributed by atoms with Gasteiger partial charge in [0.25, 0.3) is 0 Å². The lowest BCUT2D eigenvalue weighted by molar-refractivity contribution is 0.751. The first-order valence-corrected chi connectivity index (χ1v) is 4.52. The summed E-state index contributed by atoms with van der Waals surface area (Å²) in [6, 6.07) is 0. The molecule has 51 valence electrons. The van der Waals surface area contributed by atoms with Gasteiger partial charge in [0.05, 0.1) is 0 Å². The van der Waals surface area contributed by atoms with Crippen LogP contribution in [0.4, 0.5) is 0 Å². The van der Waals surface area contributed by atoms with E-state index in [1.165, 1.54) is 6.42 Å². The van der Waals surface area contributed by atoms with E-state index in [1.807, 2.05) is 11.8 Å². The second-order valence-corrected chi connectivity index (χ2v) is 3.39. The highest BCUT2D eigenvalue weighted by Crippen LogP contribution is 2.12. The van der Waals surface area contributed by atoms with Crippen LogP contribution in [0.5, 0.6) is 0 Å². The van der Waals surface area contributed by atoms with Gasteiger partial charge in [-0.25, -0.2) is 0 Å². The number of hydrogen-bond acceptors (Lipinski definition) is 1. The molecule has 9 heavy (non-hydrogen) atoms. The predicted octanol–water partition coefficient (Wildman–Crippen LogP) is 2.50. The zero-order chi connectivity index (χ0) is 7.11. The van der Waals surface area contributed by atoms with Crippen molar-refractivity contribution < 1.29 is 0 Å². The standard InChI is InChI=1S/C8H13S/c1-4-5-6-7-8(2)9-3/h8H,5-7H2,2-3H3. The fourth-order valence-corrected chi connectivity index (χ4v) is 0.998. The van der Waals surface area contributed by atoms with Gasteiger partial charge in [0.15, 0.2) is 0 Å². The maximum atomic E-state index is 6.65. The van der Waals surface area contributed by atoms with Crippen molar-refractivity contribution in [2.75, 3.05) is 6.26 Å². The summed E-state index contributed by atoms with van der Waals surface area (Å²) < 4.78 is 0. The molecule has 0 saturated heterocycles. The summed E-state index contributed by atoms with van der Waals surface area (Å²) in [4.78, 5) is 0. The fourth-order valence-electron chi connectivity index (χ4n) is 0.596. The number of hydrogen-bond donors (Lipinski definition) is 0. The molecule has 0 aliphatic heterocycles. The van der Waals surface area contributed by atoms with Gasteiger partial charge in [0.1, 0.15) is 0 Å². The maximum absolute atomic E-state index is 6.65. The minimum Gasteiger partial charge on any atom is -0.162 e. The van der Waals surface area contributed by atoms with Gasteiger partial charge in [-0.3, -0.25) is 0 Å². The second-order valence-electron chi connectivity index (χ2n) is 2.12. The van der Waals surface area contributed by atoms with Gasteiger partial charge in [-0.2, -0.15) is 11.8 Å². The molecule has 0 aromatic heterocycles. The molecule has 0 nitrogen and oxygen atoms in total. The molecule has 0 amide bonds. The van der Waals surface area contributed by atoms with Crippen LogP contribution in [0, 0.1) is 12.3 Å². The molecular weight excluding hydrogens is 128 g/mol. The smallest absolute Gasteiger partial charge is 0.00993 e. The Labute approximate surface area is 62.4 Å². The van der Waals surface area contributed by atoms with Gasteiger partial charge in [-0.15, -0.1) is 0 Å². The summed E-state index contributed by atoms with van der Waals surface area (Å²) in [5.41, 5.74) is 0. The van der Waals surface area contributed by atoms with E-state index in [4.69, 9.17) is 6.42 Å². The monoisotopic (exact) mass is 141 g/mol. The molecule has 1 unspecified atom stereocenters. The zero-order valence-electron chi connectivity index (χ0n) is 6.11. The van der Waals surface area contributed by atoms with Crippen LogP contribution in [0.15, 0.2) is 0 Å². The molecule has 0 aromatic rings. The van der Waals surface area contributed by atoms with Crippen LogP contribution in [0.25, 0.3) is 0 Å². The third-order valence-electron chi connectivity index (χ3n) is 1.31. The van der Waals surface area contributed by atoms with E-state index in [-0.39, 0.29) is 0 Å². The van der Waals surface area contributed by atoms with Gasteiger partial charge >= 0.3 is 0 Å². The van der Waals surface area contributed by atoms with Crippen molar-refractivity contribution in [2.24, 2.45) is 0 Å². The van der Waals surface area contributed by atoms with E-state index in [0.29, 0.717) is 0 Å². The number of rotatable bonds is 4. The Kier molecular flexibility index (Phi) is 5.98. The van der Waals surface area contributed by atoms with Crippen LogP contribution in [0.2, 0.25) is 0 Å². The Hall–Kier alpha value is -0.0900. The lowest BCUT2D eigenvalue weighted by Gasteiger charge is -2.03. The van der Waals surface area contributed by atoms with Crippen molar-refractivity contribution in [1.82, 2.24) is 0 Å². The average molecular weight is 141 g/mol. The van der Waals surface area contributed by atoms with Gasteiger partial charge < -0.3 is 0 Å². The Morgan fingerprint density at radius 1 is 1.67 bits per heavy atom. The molecular formula is C8H13S. The van der Waals surface area contributed by atoms with Crippen molar-refractivity contribution in [1.29, 1.82) is 0 Å². The van der Waals surface area contributed by atoms with E-state index in [2.05, 4.69) is 19.1 Å². The Morgan fingerprint density at radius 2 is 2.33 bits per heavy atom. The van der Waals surface area contributed by atoms with Gasteiger partial charge in [0.2, 0.25) is 0 Å². The molecule has 0 rings (SSSR count). The molecule has 0 spiro atoms. The van der Waals surface area contributed by atoms with Crippen molar-refractivity contribution in [3.8, 4) is 5.92 Å². The molecule has 0 aliphatic rings. The SMILES string of the molecule is [C]#CCCCC(C)SC. The Balaban J connectivity index is 2.99. The van der Waals surface area contributed by atoms with Crippen LogP contribution in [-0.2, 0) is 0 Å². The first-order chi connectivity index (χ1) is 4.31. The molecule has 1 radical (unpaired) electrons. The van der Waals surface area contributed by atoms with Crippen molar-refractivity contribution in [3.05, 3.63) is 6.42 Å². The summed E-state index contributed by atoms with van der Waals surface area (Å²) >= 11 is 1.89. The molecule has 0 heterocycles. The van der Waals surface area contributed by atoms with Crippen molar-refractivity contribution in [3.63, 3.8) is 0 Å². The molecule has 0 bridgehead atoms. The van der Waals surface area contributed by atoms with Crippen molar-refractivity contribution >= 4 is 11.8 Å². The zero-order valence-corrected chi connectivity index (χ0v) is 6.92. The first kappa shape index (κ1) is 8.91. The van der Waals surface area contributed by atoms with Crippen LogP contribution in [-0.4, -0.2) is 11.5 Å². The normalized spacial score (nSPS) is 12.6. The molecule has 1 heteroatoms. The second kappa shape index (κ2) is 6.04. The third kappa shape index (κ3) is 5.79. The minimum absolute atomic E-state index is 0.748. The molecule has 0 aliphatic carbocycles. The lowest BCUT2D eigenvalue weighted by atomic mass is 10.2. The predicted molar refractivity (Wildman–Crippen MR) is 44.0 cm³/mol. The van der Waals surface area contributed by atoms with E-state index >= 15 is 0 Å². The fraction of sp³-hybridized carbons (Fsp3) is 0.750. The summed E-state index contributed by atoms with van der Waals surface area (Å²) in [7, 11) is 0. The molecule has 0 saturated carbocycles. The highest BCUT2D eigenvalue weighted by Gasteiger charge is 1.95. The number of unbranched alkanes of at least 4 members (excludes halogenated alkanes) is 1. The topological polar surface area (TPSA) is 0 Å². The summed E-state index contributed by atoms with van der Waals surface area (Å²) in [6.45, 7) is 2.22. The largest absolute Gasteiger partial charge is 0.162 e. The van der Waals surface area contributed by atoms with E-state index in [0.717, 1.165) is 18.1 Å². The molecule has 0 aromatic carbocycles. The summed E-state index contributed by atoms with van der Waals surface area (Å²) in [6.07, 6.45) is 11.9. The Bertz CT molecular complexity index is 91.2. The highest BCUT2D eigenvalue weighted by molar-refractivity contribution is 7.99. The van der Waals surface area contributed by atoms with E-state index < -0.39 is 0 Å². The van der Waals surface area contributed by atoms with Crippen molar-refractivity contribution in [2.45, 2.75) is 31.4 Å². The van der Waals surface area contributed by atoms with Crippen LogP contribution >= 0.6 is 11.8 Å². The summed E-state index contributed by atoms with van der Waals surface area (Å²) in [5, 5.41) is 0.748. The van der Waals surface area contributed by atoms with E-state index in [9.17, 15) is 0 Å². The molecule has 0 fully saturated rings. The quantitative estimate of drug-likeness (QED) is 0.428. The maximum Gasteiger partial charge on any atom is 0.00993 e.